The molecule has 2 aromatic rings. The van der Waals surface area contributed by atoms with Crippen LogP contribution in [-0.2, 0) is 0 Å². The van der Waals surface area contributed by atoms with Crippen molar-refractivity contribution in [1.82, 2.24) is 5.32 Å². The van der Waals surface area contributed by atoms with Gasteiger partial charge in [-0.1, -0.05) is 24.6 Å². The number of halogens is 4. The first kappa shape index (κ1) is 16.2. The standard InChI is InChI=1S/C15H13BrClFIN/c1-2-20-15(9-3-5-13(18)12(16)7-9)11-8-10(17)4-6-14(11)19/h3-8,15,20H,2H2,1H3. The highest BCUT2D eigenvalue weighted by Crippen LogP contribution is 2.30. The van der Waals surface area contributed by atoms with Crippen molar-refractivity contribution in [2.24, 2.45) is 0 Å². The van der Waals surface area contributed by atoms with Crippen LogP contribution in [0.2, 0.25) is 5.02 Å². The van der Waals surface area contributed by atoms with E-state index in [-0.39, 0.29) is 11.9 Å². The molecule has 0 radical (unpaired) electrons. The van der Waals surface area contributed by atoms with Gasteiger partial charge in [0, 0.05) is 8.59 Å². The molecule has 0 spiro atoms. The molecule has 20 heavy (non-hydrogen) atoms. The first-order valence-corrected chi connectivity index (χ1v) is 8.41. The molecule has 2 aromatic carbocycles. The third-order valence-electron chi connectivity index (χ3n) is 2.95. The molecule has 0 fully saturated rings. The molecule has 1 nitrogen and oxygen atoms in total. The van der Waals surface area contributed by atoms with Gasteiger partial charge in [-0.3, -0.25) is 0 Å². The minimum atomic E-state index is -0.259. The maximum atomic E-state index is 13.4. The van der Waals surface area contributed by atoms with Crippen molar-refractivity contribution in [3.63, 3.8) is 0 Å². The normalized spacial score (nSPS) is 12.4. The topological polar surface area (TPSA) is 12.0 Å². The maximum absolute atomic E-state index is 13.4. The summed E-state index contributed by atoms with van der Waals surface area (Å²) in [6, 6.07) is 10.9. The largest absolute Gasteiger partial charge is 0.306 e. The minimum absolute atomic E-state index is 0.0116. The Morgan fingerprint density at radius 3 is 2.70 bits per heavy atom. The average Bonchev–Trinajstić information content (AvgIpc) is 2.42. The molecule has 1 unspecified atom stereocenters. The van der Waals surface area contributed by atoms with Crippen molar-refractivity contribution in [2.75, 3.05) is 6.54 Å². The van der Waals surface area contributed by atoms with Crippen molar-refractivity contribution in [3.8, 4) is 0 Å². The zero-order valence-electron chi connectivity index (χ0n) is 10.8. The first-order valence-electron chi connectivity index (χ1n) is 6.16. The number of nitrogens with one attached hydrogen (secondary N) is 1. The first-order chi connectivity index (χ1) is 9.52. The molecule has 0 aromatic heterocycles. The fourth-order valence-corrected chi connectivity index (χ4v) is 3.26. The van der Waals surface area contributed by atoms with E-state index in [0.717, 1.165) is 21.2 Å². The Balaban J connectivity index is 2.49. The van der Waals surface area contributed by atoms with Crippen LogP contribution in [0.25, 0.3) is 0 Å². The highest BCUT2D eigenvalue weighted by Gasteiger charge is 2.17. The second kappa shape index (κ2) is 7.20. The van der Waals surface area contributed by atoms with Crippen molar-refractivity contribution in [2.45, 2.75) is 13.0 Å². The molecule has 0 saturated carbocycles. The van der Waals surface area contributed by atoms with Gasteiger partial charge in [0.2, 0.25) is 0 Å². The summed E-state index contributed by atoms with van der Waals surface area (Å²) in [7, 11) is 0. The Hall–Kier alpha value is -0.170. The minimum Gasteiger partial charge on any atom is -0.306 e. The monoisotopic (exact) mass is 467 g/mol. The van der Waals surface area contributed by atoms with E-state index in [4.69, 9.17) is 11.6 Å². The summed E-state index contributed by atoms with van der Waals surface area (Å²) in [6.07, 6.45) is 0. The summed E-state index contributed by atoms with van der Waals surface area (Å²) in [4.78, 5) is 0. The Morgan fingerprint density at radius 1 is 1.30 bits per heavy atom. The van der Waals surface area contributed by atoms with Crippen LogP contribution in [-0.4, -0.2) is 6.54 Å². The molecule has 0 bridgehead atoms. The molecule has 1 atom stereocenters. The van der Waals surface area contributed by atoms with Crippen LogP contribution in [0.5, 0.6) is 0 Å². The quantitative estimate of drug-likeness (QED) is 0.581. The van der Waals surface area contributed by atoms with Gasteiger partial charge in [-0.25, -0.2) is 4.39 Å². The predicted molar refractivity (Wildman–Crippen MR) is 93.8 cm³/mol. The van der Waals surface area contributed by atoms with E-state index in [2.05, 4.69) is 43.8 Å². The number of hydrogen-bond acceptors (Lipinski definition) is 1. The Kier molecular flexibility index (Phi) is 5.84. The second-order valence-corrected chi connectivity index (χ2v) is 6.78. The summed E-state index contributed by atoms with van der Waals surface area (Å²) in [5, 5.41) is 4.12. The zero-order valence-corrected chi connectivity index (χ0v) is 15.3. The highest BCUT2D eigenvalue weighted by atomic mass is 127. The van der Waals surface area contributed by atoms with Gasteiger partial charge in [-0.15, -0.1) is 0 Å². The molecule has 5 heteroatoms. The van der Waals surface area contributed by atoms with Crippen LogP contribution in [0.15, 0.2) is 40.9 Å². The van der Waals surface area contributed by atoms with Gasteiger partial charge in [-0.2, -0.15) is 0 Å². The average molecular weight is 469 g/mol. The lowest BCUT2D eigenvalue weighted by atomic mass is 9.98. The number of benzene rings is 2. The van der Waals surface area contributed by atoms with Crippen molar-refractivity contribution >= 4 is 50.1 Å². The number of rotatable bonds is 4. The fourth-order valence-electron chi connectivity index (χ4n) is 2.04. The SMILES string of the molecule is CCNC(c1ccc(F)c(Br)c1)c1cc(Cl)ccc1I. The van der Waals surface area contributed by atoms with Crippen molar-refractivity contribution in [3.05, 3.63) is 66.4 Å². The van der Waals surface area contributed by atoms with Crippen LogP contribution in [0.1, 0.15) is 24.1 Å². The Bertz CT molecular complexity index is 621. The third-order valence-corrected chi connectivity index (χ3v) is 4.78. The van der Waals surface area contributed by atoms with Crippen LogP contribution in [0, 0.1) is 9.39 Å². The summed E-state index contributed by atoms with van der Waals surface area (Å²) in [5.41, 5.74) is 2.10. The Labute approximate surface area is 145 Å². The van der Waals surface area contributed by atoms with Gasteiger partial charge in [0.1, 0.15) is 5.82 Å². The molecular formula is C15H13BrClFIN. The molecule has 106 valence electrons. The summed E-state index contributed by atoms with van der Waals surface area (Å²) < 4.78 is 15.0. The van der Waals surface area contributed by atoms with Gasteiger partial charge in [0.25, 0.3) is 0 Å². The third kappa shape index (κ3) is 3.72. The number of hydrogen-bond donors (Lipinski definition) is 1. The van der Waals surface area contributed by atoms with Gasteiger partial charge in [0.05, 0.1) is 10.5 Å². The van der Waals surface area contributed by atoms with Gasteiger partial charge >= 0.3 is 0 Å². The molecular weight excluding hydrogens is 455 g/mol. The van der Waals surface area contributed by atoms with Crippen molar-refractivity contribution < 1.29 is 4.39 Å². The predicted octanol–water partition coefficient (Wildman–Crippen LogP) is 5.55. The van der Waals surface area contributed by atoms with E-state index in [1.54, 1.807) is 12.1 Å². The lowest BCUT2D eigenvalue weighted by molar-refractivity contribution is 0.607. The second-order valence-electron chi connectivity index (χ2n) is 4.33. The molecule has 2 rings (SSSR count). The molecule has 0 aliphatic rings. The van der Waals surface area contributed by atoms with E-state index in [0.29, 0.717) is 9.50 Å². The lowest BCUT2D eigenvalue weighted by Gasteiger charge is -2.21. The van der Waals surface area contributed by atoms with Crippen LogP contribution < -0.4 is 5.32 Å². The smallest absolute Gasteiger partial charge is 0.137 e. The molecule has 0 heterocycles. The van der Waals surface area contributed by atoms with E-state index in [9.17, 15) is 4.39 Å². The fraction of sp³-hybridized carbons (Fsp3) is 0.200. The van der Waals surface area contributed by atoms with Crippen molar-refractivity contribution in [1.29, 1.82) is 0 Å². The molecule has 0 aliphatic heterocycles. The molecule has 0 amide bonds. The van der Waals surface area contributed by atoms with E-state index in [1.807, 2.05) is 25.1 Å². The molecule has 0 aliphatic carbocycles. The lowest BCUT2D eigenvalue weighted by Crippen LogP contribution is -2.23. The van der Waals surface area contributed by atoms with Crippen LogP contribution in [0.4, 0.5) is 4.39 Å². The molecule has 1 N–H and O–H groups in total. The van der Waals surface area contributed by atoms with E-state index >= 15 is 0 Å². The summed E-state index contributed by atoms with van der Waals surface area (Å²) >= 11 is 11.6. The van der Waals surface area contributed by atoms with E-state index in [1.165, 1.54) is 6.07 Å². The van der Waals surface area contributed by atoms with E-state index < -0.39 is 0 Å². The highest BCUT2D eigenvalue weighted by molar-refractivity contribution is 14.1. The summed E-state index contributed by atoms with van der Waals surface area (Å²) in [5.74, 6) is -0.259. The van der Waals surface area contributed by atoms with Gasteiger partial charge < -0.3 is 5.32 Å². The Morgan fingerprint density at radius 2 is 2.05 bits per heavy atom. The maximum Gasteiger partial charge on any atom is 0.137 e. The summed E-state index contributed by atoms with van der Waals surface area (Å²) in [6.45, 7) is 2.85. The van der Waals surface area contributed by atoms with Crippen LogP contribution >= 0.6 is 50.1 Å². The van der Waals surface area contributed by atoms with Gasteiger partial charge in [-0.05, 0) is 86.5 Å². The van der Waals surface area contributed by atoms with Crippen LogP contribution in [0.3, 0.4) is 0 Å². The molecule has 0 saturated heterocycles. The van der Waals surface area contributed by atoms with Gasteiger partial charge in [0.15, 0.2) is 0 Å². The zero-order chi connectivity index (χ0) is 14.7.